The molecule has 0 radical (unpaired) electrons. The van der Waals surface area contributed by atoms with E-state index in [0.29, 0.717) is 23.0 Å². The van der Waals surface area contributed by atoms with Gasteiger partial charge in [0.25, 0.3) is 5.97 Å². The Morgan fingerprint density at radius 1 is 1.09 bits per heavy atom. The molecule has 4 rings (SSSR count). The van der Waals surface area contributed by atoms with E-state index in [1.807, 2.05) is 0 Å². The smallest absolute Gasteiger partial charge is 0.300 e. The summed E-state index contributed by atoms with van der Waals surface area (Å²) in [6, 6.07) is 11.0. The van der Waals surface area contributed by atoms with Crippen molar-refractivity contribution >= 4 is 16.9 Å². The van der Waals surface area contributed by atoms with Crippen LogP contribution in [0.25, 0.3) is 10.9 Å². The fourth-order valence-corrected chi connectivity index (χ4v) is 4.81. The van der Waals surface area contributed by atoms with E-state index in [1.165, 1.54) is 34.4 Å². The quantitative estimate of drug-likeness (QED) is 0.378. The molecule has 0 saturated carbocycles. The van der Waals surface area contributed by atoms with Gasteiger partial charge in [-0.3, -0.25) is 9.59 Å². The van der Waals surface area contributed by atoms with E-state index in [0.717, 1.165) is 32.6 Å². The van der Waals surface area contributed by atoms with Crippen molar-refractivity contribution in [1.82, 2.24) is 10.3 Å². The molecule has 0 unspecified atom stereocenters. The topological polar surface area (TPSA) is 123 Å². The number of nitrogens with one attached hydrogen (secondary N) is 2. The van der Waals surface area contributed by atoms with Crippen molar-refractivity contribution in [2.75, 3.05) is 6.54 Å². The Kier molecular flexibility index (Phi) is 7.79. The highest BCUT2D eigenvalue weighted by Gasteiger charge is 2.33. The number of aliphatic hydroxyl groups excluding tert-OH is 1. The molecular weight excluding hydrogens is 432 g/mol. The average Bonchev–Trinajstić information content (AvgIpc) is 3.12. The molecule has 5 N–H and O–H groups in total. The van der Waals surface area contributed by atoms with E-state index in [9.17, 15) is 15.0 Å². The number of aromatic nitrogens is 1. The zero-order valence-electron chi connectivity index (χ0n) is 20.2. The molecular formula is C27H34N2O5. The van der Waals surface area contributed by atoms with Gasteiger partial charge in [0.1, 0.15) is 5.75 Å². The maximum absolute atomic E-state index is 11.6. The van der Waals surface area contributed by atoms with E-state index in [4.69, 9.17) is 9.90 Å². The van der Waals surface area contributed by atoms with Crippen LogP contribution < -0.4 is 10.9 Å². The van der Waals surface area contributed by atoms with Crippen LogP contribution in [0.1, 0.15) is 61.6 Å². The van der Waals surface area contributed by atoms with Gasteiger partial charge in [-0.25, -0.2) is 0 Å². The van der Waals surface area contributed by atoms with Gasteiger partial charge in [0, 0.05) is 30.5 Å². The van der Waals surface area contributed by atoms with E-state index in [2.05, 4.69) is 43.2 Å². The number of aliphatic carboxylic acids is 1. The normalized spacial score (nSPS) is 14.9. The van der Waals surface area contributed by atoms with Crippen molar-refractivity contribution in [3.63, 3.8) is 0 Å². The SMILES string of the molecule is CC(=O)O.CCc1cc2c(cc1CC)CC(C)(NC[C@H](O)c1ccc(O)c3[nH]c(=O)ccc13)C2. The molecule has 3 aromatic rings. The Labute approximate surface area is 199 Å². The zero-order valence-corrected chi connectivity index (χ0v) is 20.2. The van der Waals surface area contributed by atoms with Gasteiger partial charge in [0.2, 0.25) is 5.56 Å². The third-order valence-corrected chi connectivity index (χ3v) is 6.43. The molecule has 1 aromatic heterocycles. The maximum Gasteiger partial charge on any atom is 0.300 e. The molecule has 1 atom stereocenters. The lowest BCUT2D eigenvalue weighted by molar-refractivity contribution is -0.134. The first-order valence-electron chi connectivity index (χ1n) is 11.7. The van der Waals surface area contributed by atoms with E-state index < -0.39 is 12.1 Å². The van der Waals surface area contributed by atoms with Crippen molar-refractivity contribution in [2.24, 2.45) is 0 Å². The van der Waals surface area contributed by atoms with Gasteiger partial charge < -0.3 is 25.6 Å². The van der Waals surface area contributed by atoms with Gasteiger partial charge >= 0.3 is 0 Å². The number of fused-ring (bicyclic) bond motifs is 2. The van der Waals surface area contributed by atoms with Crippen LogP contribution in [0.5, 0.6) is 5.75 Å². The van der Waals surface area contributed by atoms with Crippen LogP contribution in [0.15, 0.2) is 41.2 Å². The Hall–Kier alpha value is -3.16. The summed E-state index contributed by atoms with van der Waals surface area (Å²) in [5.41, 5.74) is 6.33. The monoisotopic (exact) mass is 466 g/mol. The number of hydrogen-bond acceptors (Lipinski definition) is 5. The Balaban J connectivity index is 0.000000751. The predicted molar refractivity (Wildman–Crippen MR) is 134 cm³/mol. The van der Waals surface area contributed by atoms with Crippen molar-refractivity contribution in [3.05, 3.63) is 74.6 Å². The fraction of sp³-hybridized carbons (Fsp3) is 0.407. The number of pyridine rings is 1. The number of phenolic OH excluding ortho intramolecular Hbond substituents is 1. The molecule has 0 spiro atoms. The zero-order chi connectivity index (χ0) is 25.0. The number of benzene rings is 2. The highest BCUT2D eigenvalue weighted by Crippen LogP contribution is 2.34. The molecule has 7 heteroatoms. The first kappa shape index (κ1) is 25.5. The van der Waals surface area contributed by atoms with Gasteiger partial charge in [-0.05, 0) is 72.6 Å². The number of aryl methyl sites for hydroxylation is 2. The largest absolute Gasteiger partial charge is 0.506 e. The molecule has 0 aliphatic heterocycles. The third-order valence-electron chi connectivity index (χ3n) is 6.43. The summed E-state index contributed by atoms with van der Waals surface area (Å²) in [4.78, 5) is 23.3. The molecule has 1 aliphatic carbocycles. The second kappa shape index (κ2) is 10.4. The van der Waals surface area contributed by atoms with Crippen LogP contribution in [-0.4, -0.2) is 38.4 Å². The van der Waals surface area contributed by atoms with Gasteiger partial charge in [0.15, 0.2) is 0 Å². The van der Waals surface area contributed by atoms with Crippen molar-refractivity contribution in [3.8, 4) is 5.75 Å². The molecule has 1 heterocycles. The standard InChI is InChI=1S/C25H30N2O3.C2H4O2/c1-4-15-10-17-12-25(3,13-18(17)11-16(15)5-2)26-14-22(29)19-6-8-21(28)24-20(19)7-9-23(30)27-24;1-2(3)4/h6-11,22,26,28-29H,4-5,12-14H2,1-3H3,(H,27,30);1H3,(H,3,4)/t22-;/m0./s1. The lowest BCUT2D eigenvalue weighted by Gasteiger charge is -2.27. The van der Waals surface area contributed by atoms with Crippen LogP contribution in [0, 0.1) is 0 Å². The van der Waals surface area contributed by atoms with Crippen LogP contribution >= 0.6 is 0 Å². The number of carboxylic acids is 1. The van der Waals surface area contributed by atoms with Crippen molar-refractivity contribution in [1.29, 1.82) is 0 Å². The lowest BCUT2D eigenvalue weighted by Crippen LogP contribution is -2.45. The van der Waals surface area contributed by atoms with Gasteiger partial charge in [-0.15, -0.1) is 0 Å². The minimum absolute atomic E-state index is 0.00303. The van der Waals surface area contributed by atoms with E-state index in [1.54, 1.807) is 12.1 Å². The molecule has 7 nitrogen and oxygen atoms in total. The van der Waals surface area contributed by atoms with Crippen LogP contribution in [0.3, 0.4) is 0 Å². The number of aliphatic hydroxyl groups is 1. The lowest BCUT2D eigenvalue weighted by atomic mass is 9.97. The number of rotatable bonds is 6. The molecule has 2 aromatic carbocycles. The van der Waals surface area contributed by atoms with Crippen molar-refractivity contribution < 1.29 is 20.1 Å². The highest BCUT2D eigenvalue weighted by atomic mass is 16.4. The second-order valence-electron chi connectivity index (χ2n) is 9.21. The summed E-state index contributed by atoms with van der Waals surface area (Å²) in [5, 5.41) is 32.6. The second-order valence-corrected chi connectivity index (χ2v) is 9.21. The van der Waals surface area contributed by atoms with E-state index in [-0.39, 0.29) is 16.8 Å². The number of H-pyrrole nitrogens is 1. The number of aromatic hydroxyl groups is 1. The summed E-state index contributed by atoms with van der Waals surface area (Å²) in [5.74, 6) is -0.830. The van der Waals surface area contributed by atoms with Crippen LogP contribution in [-0.2, 0) is 30.5 Å². The average molecular weight is 467 g/mol. The molecule has 34 heavy (non-hydrogen) atoms. The van der Waals surface area contributed by atoms with Gasteiger partial charge in [0.05, 0.1) is 11.6 Å². The van der Waals surface area contributed by atoms with Crippen LogP contribution in [0.4, 0.5) is 0 Å². The molecule has 0 bridgehead atoms. The van der Waals surface area contributed by atoms with Crippen molar-refractivity contribution in [2.45, 2.75) is 65.0 Å². The molecule has 182 valence electrons. The number of carboxylic acid groups (broad SMARTS) is 1. The molecule has 1 aliphatic rings. The number of hydrogen-bond donors (Lipinski definition) is 5. The number of aromatic amines is 1. The van der Waals surface area contributed by atoms with Crippen LogP contribution in [0.2, 0.25) is 0 Å². The van der Waals surface area contributed by atoms with Gasteiger partial charge in [-0.2, -0.15) is 0 Å². The number of phenols is 1. The summed E-state index contributed by atoms with van der Waals surface area (Å²) in [6.45, 7) is 8.10. The Morgan fingerprint density at radius 3 is 2.18 bits per heavy atom. The molecule has 0 saturated heterocycles. The minimum Gasteiger partial charge on any atom is -0.506 e. The third kappa shape index (κ3) is 5.66. The maximum atomic E-state index is 11.6. The van der Waals surface area contributed by atoms with E-state index >= 15 is 0 Å². The summed E-state index contributed by atoms with van der Waals surface area (Å²) in [6.07, 6.45) is 3.23. The summed E-state index contributed by atoms with van der Waals surface area (Å²) < 4.78 is 0. The number of β-amino-alcohol motifs (C(OH)–C–C–N with tert-alkyl or cyclic N) is 1. The molecule has 0 fully saturated rings. The summed E-state index contributed by atoms with van der Waals surface area (Å²) >= 11 is 0. The van der Waals surface area contributed by atoms with Gasteiger partial charge in [-0.1, -0.05) is 32.0 Å². The highest BCUT2D eigenvalue weighted by molar-refractivity contribution is 5.87. The first-order chi connectivity index (χ1) is 16.1. The predicted octanol–water partition coefficient (Wildman–Crippen LogP) is 3.63. The molecule has 0 amide bonds. The number of carbonyl (C=O) groups is 1. The Bertz CT molecular complexity index is 1210. The minimum atomic E-state index is -0.833. The first-order valence-corrected chi connectivity index (χ1v) is 11.7. The summed E-state index contributed by atoms with van der Waals surface area (Å²) in [7, 11) is 0. The Morgan fingerprint density at radius 2 is 1.65 bits per heavy atom. The fourth-order valence-electron chi connectivity index (χ4n) is 4.81.